The molecule has 1 aliphatic heterocycles. The fourth-order valence-corrected chi connectivity index (χ4v) is 2.36. The summed E-state index contributed by atoms with van der Waals surface area (Å²) in [5.41, 5.74) is 7.11. The Morgan fingerprint density at radius 2 is 2.21 bits per heavy atom. The lowest BCUT2D eigenvalue weighted by Crippen LogP contribution is -2.37. The Balaban J connectivity index is 1.93. The number of benzene rings is 1. The summed E-state index contributed by atoms with van der Waals surface area (Å²) in [6.45, 7) is 4.17. The van der Waals surface area contributed by atoms with Gasteiger partial charge in [-0.15, -0.1) is 0 Å². The summed E-state index contributed by atoms with van der Waals surface area (Å²) in [5.74, 6) is 0.119. The Hall–Kier alpha value is -1.39. The van der Waals surface area contributed by atoms with Gasteiger partial charge >= 0.3 is 0 Å². The van der Waals surface area contributed by atoms with E-state index in [4.69, 9.17) is 10.5 Å². The van der Waals surface area contributed by atoms with Crippen LogP contribution in [0.5, 0.6) is 0 Å². The average molecular weight is 262 g/mol. The standard InChI is InChI=1S/C15H22N2O2/c1-12-11-17(8-5-9-19-12)15(18)10-14(16)13-6-3-2-4-7-13/h2-4,6-7,12,14H,5,8-11,16H2,1H3/t12-,14-/m0/s1. The van der Waals surface area contributed by atoms with Crippen LogP contribution in [0.15, 0.2) is 30.3 Å². The van der Waals surface area contributed by atoms with Crippen molar-refractivity contribution in [2.45, 2.75) is 31.9 Å². The van der Waals surface area contributed by atoms with E-state index >= 15 is 0 Å². The fraction of sp³-hybridized carbons (Fsp3) is 0.533. The molecule has 4 nitrogen and oxygen atoms in total. The van der Waals surface area contributed by atoms with Crippen LogP contribution in [0.2, 0.25) is 0 Å². The van der Waals surface area contributed by atoms with Crippen molar-refractivity contribution in [3.63, 3.8) is 0 Å². The number of ether oxygens (including phenoxy) is 1. The molecule has 0 aromatic heterocycles. The lowest BCUT2D eigenvalue weighted by molar-refractivity contribution is -0.132. The van der Waals surface area contributed by atoms with Gasteiger partial charge in [-0.2, -0.15) is 0 Å². The molecule has 1 heterocycles. The zero-order valence-electron chi connectivity index (χ0n) is 11.4. The molecule has 1 amide bonds. The third-order valence-electron chi connectivity index (χ3n) is 3.43. The maximum Gasteiger partial charge on any atom is 0.224 e. The maximum atomic E-state index is 12.3. The minimum Gasteiger partial charge on any atom is -0.377 e. The number of hydrogen-bond acceptors (Lipinski definition) is 3. The third-order valence-corrected chi connectivity index (χ3v) is 3.43. The van der Waals surface area contributed by atoms with E-state index in [9.17, 15) is 4.79 Å². The second kappa shape index (κ2) is 6.68. The van der Waals surface area contributed by atoms with Gasteiger partial charge < -0.3 is 15.4 Å². The SMILES string of the molecule is C[C@H]1CN(C(=O)C[C@H](N)c2ccccc2)CCCO1. The molecule has 2 N–H and O–H groups in total. The molecule has 0 unspecified atom stereocenters. The van der Waals surface area contributed by atoms with Gasteiger partial charge in [0.2, 0.25) is 5.91 Å². The van der Waals surface area contributed by atoms with Gasteiger partial charge in [-0.1, -0.05) is 30.3 Å². The van der Waals surface area contributed by atoms with Crippen molar-refractivity contribution < 1.29 is 9.53 Å². The van der Waals surface area contributed by atoms with Gasteiger partial charge in [0.15, 0.2) is 0 Å². The lowest BCUT2D eigenvalue weighted by atomic mass is 10.0. The van der Waals surface area contributed by atoms with Crippen molar-refractivity contribution in [1.29, 1.82) is 0 Å². The van der Waals surface area contributed by atoms with Crippen LogP contribution in [0.4, 0.5) is 0 Å². The number of nitrogens with zero attached hydrogens (tertiary/aromatic N) is 1. The van der Waals surface area contributed by atoms with Crippen molar-refractivity contribution in [3.8, 4) is 0 Å². The third kappa shape index (κ3) is 4.04. The first-order chi connectivity index (χ1) is 9.16. The molecule has 2 atom stereocenters. The van der Waals surface area contributed by atoms with Crippen LogP contribution < -0.4 is 5.73 Å². The molecule has 1 aliphatic rings. The van der Waals surface area contributed by atoms with E-state index in [0.717, 1.165) is 25.1 Å². The van der Waals surface area contributed by atoms with E-state index in [-0.39, 0.29) is 18.1 Å². The predicted molar refractivity (Wildman–Crippen MR) is 74.6 cm³/mol. The molecule has 0 radical (unpaired) electrons. The predicted octanol–water partition coefficient (Wildman–Crippen LogP) is 1.71. The normalized spacial score (nSPS) is 21.8. The molecule has 0 bridgehead atoms. The quantitative estimate of drug-likeness (QED) is 0.902. The molecular weight excluding hydrogens is 240 g/mol. The van der Waals surface area contributed by atoms with Gasteiger partial charge in [0.05, 0.1) is 6.10 Å². The summed E-state index contributed by atoms with van der Waals surface area (Å²) in [6.07, 6.45) is 1.37. The van der Waals surface area contributed by atoms with Gasteiger partial charge in [-0.3, -0.25) is 4.79 Å². The summed E-state index contributed by atoms with van der Waals surface area (Å²) in [4.78, 5) is 14.1. The van der Waals surface area contributed by atoms with Crippen LogP contribution in [0.3, 0.4) is 0 Å². The highest BCUT2D eigenvalue weighted by Crippen LogP contribution is 2.16. The summed E-state index contributed by atoms with van der Waals surface area (Å²) in [5, 5.41) is 0. The van der Waals surface area contributed by atoms with E-state index < -0.39 is 0 Å². The summed E-state index contributed by atoms with van der Waals surface area (Å²) >= 11 is 0. The van der Waals surface area contributed by atoms with Crippen molar-refractivity contribution >= 4 is 5.91 Å². The van der Waals surface area contributed by atoms with Crippen molar-refractivity contribution in [3.05, 3.63) is 35.9 Å². The topological polar surface area (TPSA) is 55.6 Å². The number of nitrogens with two attached hydrogens (primary N) is 1. The van der Waals surface area contributed by atoms with Gasteiger partial charge in [-0.05, 0) is 18.9 Å². The molecule has 104 valence electrons. The first kappa shape index (κ1) is 14.0. The van der Waals surface area contributed by atoms with Crippen LogP contribution >= 0.6 is 0 Å². The van der Waals surface area contributed by atoms with E-state index in [1.807, 2.05) is 42.2 Å². The molecule has 1 fully saturated rings. The minimum atomic E-state index is -0.229. The summed E-state index contributed by atoms with van der Waals surface area (Å²) < 4.78 is 5.55. The smallest absolute Gasteiger partial charge is 0.224 e. The number of hydrogen-bond donors (Lipinski definition) is 1. The minimum absolute atomic E-state index is 0.111. The highest BCUT2D eigenvalue weighted by Gasteiger charge is 2.21. The number of rotatable bonds is 3. The molecule has 2 rings (SSSR count). The summed E-state index contributed by atoms with van der Waals surface area (Å²) in [7, 11) is 0. The molecule has 1 aromatic rings. The highest BCUT2D eigenvalue weighted by atomic mass is 16.5. The van der Waals surface area contributed by atoms with Crippen molar-refractivity contribution in [1.82, 2.24) is 4.90 Å². The van der Waals surface area contributed by atoms with E-state index in [1.165, 1.54) is 0 Å². The zero-order valence-corrected chi connectivity index (χ0v) is 11.4. The van der Waals surface area contributed by atoms with Crippen LogP contribution in [0.1, 0.15) is 31.4 Å². The number of carbonyl (C=O) groups is 1. The second-order valence-electron chi connectivity index (χ2n) is 5.10. The highest BCUT2D eigenvalue weighted by molar-refractivity contribution is 5.77. The Bertz CT molecular complexity index is 408. The molecule has 1 saturated heterocycles. The zero-order chi connectivity index (χ0) is 13.7. The first-order valence-electron chi connectivity index (χ1n) is 6.86. The average Bonchev–Trinajstić information content (AvgIpc) is 2.64. The van der Waals surface area contributed by atoms with Crippen LogP contribution in [-0.2, 0) is 9.53 Å². The molecule has 0 aliphatic carbocycles. The fourth-order valence-electron chi connectivity index (χ4n) is 2.36. The molecule has 0 saturated carbocycles. The van der Waals surface area contributed by atoms with Gasteiger partial charge in [0.25, 0.3) is 0 Å². The van der Waals surface area contributed by atoms with Gasteiger partial charge in [0, 0.05) is 32.2 Å². The van der Waals surface area contributed by atoms with Gasteiger partial charge in [0.1, 0.15) is 0 Å². The van der Waals surface area contributed by atoms with Crippen LogP contribution in [-0.4, -0.2) is 36.6 Å². The molecule has 0 spiro atoms. The largest absolute Gasteiger partial charge is 0.377 e. The Labute approximate surface area is 114 Å². The van der Waals surface area contributed by atoms with Crippen LogP contribution in [0, 0.1) is 0 Å². The molecule has 4 heteroatoms. The van der Waals surface area contributed by atoms with E-state index in [0.29, 0.717) is 13.0 Å². The maximum absolute atomic E-state index is 12.3. The Morgan fingerprint density at radius 1 is 1.47 bits per heavy atom. The molecule has 19 heavy (non-hydrogen) atoms. The monoisotopic (exact) mass is 262 g/mol. The first-order valence-corrected chi connectivity index (χ1v) is 6.86. The summed E-state index contributed by atoms with van der Waals surface area (Å²) in [6, 6.07) is 9.54. The Kier molecular flexibility index (Phi) is 4.93. The van der Waals surface area contributed by atoms with Crippen molar-refractivity contribution in [2.75, 3.05) is 19.7 Å². The van der Waals surface area contributed by atoms with Gasteiger partial charge in [-0.25, -0.2) is 0 Å². The Morgan fingerprint density at radius 3 is 2.95 bits per heavy atom. The molecule has 1 aromatic carbocycles. The second-order valence-corrected chi connectivity index (χ2v) is 5.10. The molecular formula is C15H22N2O2. The number of amides is 1. The number of carbonyl (C=O) groups excluding carboxylic acids is 1. The van der Waals surface area contributed by atoms with E-state index in [2.05, 4.69) is 0 Å². The van der Waals surface area contributed by atoms with E-state index in [1.54, 1.807) is 0 Å². The van der Waals surface area contributed by atoms with Crippen LogP contribution in [0.25, 0.3) is 0 Å². The van der Waals surface area contributed by atoms with Crippen molar-refractivity contribution in [2.24, 2.45) is 5.73 Å². The lowest BCUT2D eigenvalue weighted by Gasteiger charge is -2.23.